The number of amides is 2. The summed E-state index contributed by atoms with van der Waals surface area (Å²) in [6, 6.07) is 9.88. The van der Waals surface area contributed by atoms with Gasteiger partial charge in [-0.25, -0.2) is 9.78 Å². The van der Waals surface area contributed by atoms with E-state index in [9.17, 15) is 10.1 Å². The van der Waals surface area contributed by atoms with E-state index in [0.717, 1.165) is 23.1 Å². The molecule has 1 aliphatic rings. The molecule has 1 saturated heterocycles. The number of hydrogen-bond acceptors (Lipinski definition) is 5. The van der Waals surface area contributed by atoms with Crippen LogP contribution in [0.4, 0.5) is 10.6 Å². The molecule has 2 amide bonds. The lowest BCUT2D eigenvalue weighted by molar-refractivity contribution is 0.190. The molecule has 0 aliphatic carbocycles. The van der Waals surface area contributed by atoms with Gasteiger partial charge in [-0.3, -0.25) is 0 Å². The molecule has 3 rings (SSSR count). The molecule has 142 valence electrons. The first kappa shape index (κ1) is 18.8. The summed E-state index contributed by atoms with van der Waals surface area (Å²) in [4.78, 5) is 20.9. The van der Waals surface area contributed by atoms with E-state index in [1.165, 1.54) is 0 Å². The first-order chi connectivity index (χ1) is 13.0. The number of rotatable bonds is 4. The molecule has 1 atom stereocenters. The zero-order valence-electron chi connectivity index (χ0n) is 16.0. The molecule has 2 aromatic rings. The van der Waals surface area contributed by atoms with Crippen LogP contribution in [0.15, 0.2) is 24.3 Å². The van der Waals surface area contributed by atoms with Gasteiger partial charge in [-0.2, -0.15) is 5.26 Å². The summed E-state index contributed by atoms with van der Waals surface area (Å²) in [5.41, 5.74) is 1.36. The predicted molar refractivity (Wildman–Crippen MR) is 105 cm³/mol. The number of fused-ring (bicyclic) bond motifs is 1. The Labute approximate surface area is 159 Å². The van der Waals surface area contributed by atoms with E-state index >= 15 is 0 Å². The van der Waals surface area contributed by atoms with Crippen molar-refractivity contribution >= 4 is 22.8 Å². The fourth-order valence-electron chi connectivity index (χ4n) is 3.12. The monoisotopic (exact) mass is 367 g/mol. The van der Waals surface area contributed by atoms with Gasteiger partial charge in [0.15, 0.2) is 0 Å². The maximum absolute atomic E-state index is 12.3. The average molecular weight is 367 g/mol. The number of ether oxygens (including phenoxy) is 1. The highest BCUT2D eigenvalue weighted by molar-refractivity contribution is 5.84. The van der Waals surface area contributed by atoms with Crippen LogP contribution in [0.25, 0.3) is 10.9 Å². The zero-order chi connectivity index (χ0) is 19.4. The molecule has 1 N–H and O–H groups in total. The molecule has 1 aliphatic heterocycles. The van der Waals surface area contributed by atoms with Crippen LogP contribution in [0.2, 0.25) is 0 Å². The lowest BCUT2D eigenvalue weighted by Gasteiger charge is -2.36. The minimum atomic E-state index is -0.0249. The lowest BCUT2D eigenvalue weighted by Crippen LogP contribution is -2.53. The SMILES string of the molecule is CCC(C)NC(=O)N1CCN(c2nc3ccc(OC)cc3cc2C#N)CC1. The molecule has 7 nitrogen and oxygen atoms in total. The van der Waals surface area contributed by atoms with Gasteiger partial charge >= 0.3 is 6.03 Å². The van der Waals surface area contributed by atoms with Gasteiger partial charge in [0, 0.05) is 37.6 Å². The van der Waals surface area contributed by atoms with Crippen LogP contribution in [0.1, 0.15) is 25.8 Å². The number of benzene rings is 1. The number of anilines is 1. The minimum Gasteiger partial charge on any atom is -0.497 e. The maximum Gasteiger partial charge on any atom is 0.317 e. The van der Waals surface area contributed by atoms with Crippen molar-refractivity contribution in [3.63, 3.8) is 0 Å². The van der Waals surface area contributed by atoms with E-state index in [1.54, 1.807) is 7.11 Å². The van der Waals surface area contributed by atoms with Crippen LogP contribution in [0, 0.1) is 11.3 Å². The topological polar surface area (TPSA) is 81.5 Å². The number of piperazine rings is 1. The van der Waals surface area contributed by atoms with Crippen molar-refractivity contribution in [2.75, 3.05) is 38.2 Å². The molecule has 0 saturated carbocycles. The summed E-state index contributed by atoms with van der Waals surface area (Å²) < 4.78 is 5.25. The number of pyridine rings is 1. The summed E-state index contributed by atoms with van der Waals surface area (Å²) in [7, 11) is 1.62. The molecule has 0 bridgehead atoms. The van der Waals surface area contributed by atoms with E-state index in [1.807, 2.05) is 43.0 Å². The number of hydrogen-bond donors (Lipinski definition) is 1. The molecule has 0 radical (unpaired) electrons. The first-order valence-corrected chi connectivity index (χ1v) is 9.25. The Morgan fingerprint density at radius 1 is 1.33 bits per heavy atom. The Bertz CT molecular complexity index is 869. The van der Waals surface area contributed by atoms with Gasteiger partial charge in [0.05, 0.1) is 18.2 Å². The van der Waals surface area contributed by atoms with Crippen LogP contribution in [-0.2, 0) is 0 Å². The summed E-state index contributed by atoms with van der Waals surface area (Å²) in [5, 5.41) is 13.5. The average Bonchev–Trinajstić information content (AvgIpc) is 2.72. The smallest absolute Gasteiger partial charge is 0.317 e. The second kappa shape index (κ2) is 8.12. The molecule has 2 heterocycles. The second-order valence-corrected chi connectivity index (χ2v) is 6.76. The van der Waals surface area contributed by atoms with Crippen LogP contribution >= 0.6 is 0 Å². The highest BCUT2D eigenvalue weighted by Gasteiger charge is 2.24. The van der Waals surface area contributed by atoms with E-state index in [-0.39, 0.29) is 12.1 Å². The zero-order valence-corrected chi connectivity index (χ0v) is 16.0. The van der Waals surface area contributed by atoms with Crippen molar-refractivity contribution in [1.82, 2.24) is 15.2 Å². The Kier molecular flexibility index (Phi) is 5.65. The Morgan fingerprint density at radius 3 is 2.70 bits per heavy atom. The normalized spacial score (nSPS) is 15.3. The molecule has 1 unspecified atom stereocenters. The largest absolute Gasteiger partial charge is 0.497 e. The van der Waals surface area contributed by atoms with E-state index in [2.05, 4.69) is 16.3 Å². The standard InChI is InChI=1S/C20H25N5O2/c1-4-14(2)22-20(26)25-9-7-24(8-10-25)19-16(13-21)11-15-12-17(27-3)5-6-18(15)23-19/h5-6,11-12,14H,4,7-10H2,1-3H3,(H,22,26). The maximum atomic E-state index is 12.3. The number of carbonyl (C=O) groups is 1. The number of aromatic nitrogens is 1. The number of urea groups is 1. The van der Waals surface area contributed by atoms with Gasteiger partial charge in [0.25, 0.3) is 0 Å². The second-order valence-electron chi connectivity index (χ2n) is 6.76. The number of carbonyl (C=O) groups excluding carboxylic acids is 1. The third-order valence-electron chi connectivity index (χ3n) is 4.97. The van der Waals surface area contributed by atoms with E-state index in [4.69, 9.17) is 9.72 Å². The van der Waals surface area contributed by atoms with Crippen LogP contribution in [-0.4, -0.2) is 55.2 Å². The summed E-state index contributed by atoms with van der Waals surface area (Å²) in [6.07, 6.45) is 0.906. The minimum absolute atomic E-state index is 0.0249. The van der Waals surface area contributed by atoms with Crippen LogP contribution in [0.3, 0.4) is 0 Å². The third kappa shape index (κ3) is 4.05. The fraction of sp³-hybridized carbons (Fsp3) is 0.450. The number of nitrogens with zero attached hydrogens (tertiary/aromatic N) is 4. The van der Waals surface area contributed by atoms with Gasteiger partial charge in [-0.05, 0) is 37.6 Å². The Balaban J connectivity index is 1.76. The molecule has 1 fully saturated rings. The third-order valence-corrected chi connectivity index (χ3v) is 4.97. The van der Waals surface area contributed by atoms with Crippen molar-refractivity contribution in [1.29, 1.82) is 5.26 Å². The highest BCUT2D eigenvalue weighted by atomic mass is 16.5. The predicted octanol–water partition coefficient (Wildman–Crippen LogP) is 2.75. The molecule has 0 spiro atoms. The molecule has 1 aromatic heterocycles. The quantitative estimate of drug-likeness (QED) is 0.899. The van der Waals surface area contributed by atoms with Crippen LogP contribution in [0.5, 0.6) is 5.75 Å². The van der Waals surface area contributed by atoms with Gasteiger partial charge in [-0.15, -0.1) is 0 Å². The van der Waals surface area contributed by atoms with Crippen molar-refractivity contribution < 1.29 is 9.53 Å². The first-order valence-electron chi connectivity index (χ1n) is 9.25. The molecule has 1 aromatic carbocycles. The van der Waals surface area contributed by atoms with Crippen LogP contribution < -0.4 is 15.0 Å². The number of nitrogens with one attached hydrogen (secondary N) is 1. The van der Waals surface area contributed by atoms with Crippen molar-refractivity contribution in [2.24, 2.45) is 0 Å². The van der Waals surface area contributed by atoms with Gasteiger partial charge < -0.3 is 19.9 Å². The summed E-state index contributed by atoms with van der Waals surface area (Å²) >= 11 is 0. The van der Waals surface area contributed by atoms with Gasteiger partial charge in [-0.1, -0.05) is 6.92 Å². The molecule has 27 heavy (non-hydrogen) atoms. The molecular weight excluding hydrogens is 342 g/mol. The number of methoxy groups -OCH3 is 1. The number of nitriles is 1. The van der Waals surface area contributed by atoms with Crippen molar-refractivity contribution in [2.45, 2.75) is 26.3 Å². The van der Waals surface area contributed by atoms with E-state index < -0.39 is 0 Å². The van der Waals surface area contributed by atoms with Gasteiger partial charge in [0.1, 0.15) is 17.6 Å². The van der Waals surface area contributed by atoms with Crippen molar-refractivity contribution in [3.05, 3.63) is 29.8 Å². The molecular formula is C20H25N5O2. The Morgan fingerprint density at radius 2 is 2.07 bits per heavy atom. The van der Waals surface area contributed by atoms with Gasteiger partial charge in [0.2, 0.25) is 0 Å². The highest BCUT2D eigenvalue weighted by Crippen LogP contribution is 2.26. The Hall–Kier alpha value is -3.01. The summed E-state index contributed by atoms with van der Waals surface area (Å²) in [6.45, 7) is 6.56. The van der Waals surface area contributed by atoms with E-state index in [0.29, 0.717) is 37.6 Å². The molecule has 7 heteroatoms. The lowest BCUT2D eigenvalue weighted by atomic mass is 10.1. The van der Waals surface area contributed by atoms with Crippen molar-refractivity contribution in [3.8, 4) is 11.8 Å². The fourth-order valence-corrected chi connectivity index (χ4v) is 3.12. The summed E-state index contributed by atoms with van der Waals surface area (Å²) in [5.74, 6) is 1.42.